The van der Waals surface area contributed by atoms with Crippen LogP contribution in [0.5, 0.6) is 5.75 Å². The Morgan fingerprint density at radius 3 is 2.63 bits per heavy atom. The van der Waals surface area contributed by atoms with Crippen LogP contribution in [0.1, 0.15) is 41.0 Å². The smallest absolute Gasteiger partial charge is 0.121 e. The average Bonchev–Trinajstić information content (AvgIpc) is 2.34. The van der Waals surface area contributed by atoms with Crippen molar-refractivity contribution in [1.29, 1.82) is 0 Å². The second kappa shape index (κ2) is 7.39. The van der Waals surface area contributed by atoms with Gasteiger partial charge in [0.15, 0.2) is 0 Å². The van der Waals surface area contributed by atoms with Gasteiger partial charge in [0.2, 0.25) is 0 Å². The van der Waals surface area contributed by atoms with Crippen LogP contribution in [-0.4, -0.2) is 24.9 Å². The van der Waals surface area contributed by atoms with Gasteiger partial charge in [-0.05, 0) is 46.2 Å². The molecule has 1 aromatic rings. The summed E-state index contributed by atoms with van der Waals surface area (Å²) in [7, 11) is 0. The van der Waals surface area contributed by atoms with Gasteiger partial charge in [-0.15, -0.1) is 0 Å². The number of nitrogens with one attached hydrogen (secondary N) is 1. The van der Waals surface area contributed by atoms with Gasteiger partial charge in [0.05, 0.1) is 18.3 Å². The van der Waals surface area contributed by atoms with Crippen molar-refractivity contribution in [2.45, 2.75) is 52.7 Å². The Bertz CT molecular complexity index is 371. The predicted octanol–water partition coefficient (Wildman–Crippen LogP) is 4.09. The zero-order valence-corrected chi connectivity index (χ0v) is 12.8. The van der Waals surface area contributed by atoms with E-state index < -0.39 is 0 Å². The lowest BCUT2D eigenvalue weighted by atomic mass is 10.2. The van der Waals surface area contributed by atoms with Crippen LogP contribution in [0.15, 0.2) is 24.3 Å². The first kappa shape index (κ1) is 15.8. The summed E-state index contributed by atoms with van der Waals surface area (Å²) >= 11 is 0. The molecule has 0 aromatic heterocycles. The van der Waals surface area contributed by atoms with Crippen molar-refractivity contribution in [3.05, 3.63) is 24.3 Å². The van der Waals surface area contributed by atoms with Crippen molar-refractivity contribution in [2.24, 2.45) is 0 Å². The molecule has 0 heterocycles. The van der Waals surface area contributed by atoms with Crippen LogP contribution in [0, 0.1) is 0 Å². The third-order valence-corrected chi connectivity index (χ3v) is 2.71. The van der Waals surface area contributed by atoms with Crippen molar-refractivity contribution < 1.29 is 9.47 Å². The fourth-order valence-corrected chi connectivity index (χ4v) is 1.55. The maximum atomic E-state index is 5.79. The molecular formula is C16H27NO2. The van der Waals surface area contributed by atoms with E-state index in [1.54, 1.807) is 0 Å². The van der Waals surface area contributed by atoms with Gasteiger partial charge in [0.1, 0.15) is 5.75 Å². The van der Waals surface area contributed by atoms with Gasteiger partial charge < -0.3 is 14.8 Å². The van der Waals surface area contributed by atoms with Gasteiger partial charge in [-0.25, -0.2) is 0 Å². The number of rotatable bonds is 7. The Morgan fingerprint density at radius 1 is 1.26 bits per heavy atom. The lowest BCUT2D eigenvalue weighted by Gasteiger charge is -2.20. The first-order valence-electron chi connectivity index (χ1n) is 7.05. The molecule has 0 aliphatic heterocycles. The molecule has 0 saturated carbocycles. The molecule has 19 heavy (non-hydrogen) atoms. The minimum atomic E-state index is -0.0802. The molecule has 3 heteroatoms. The monoisotopic (exact) mass is 265 g/mol. The van der Waals surface area contributed by atoms with Gasteiger partial charge in [0.25, 0.3) is 0 Å². The zero-order chi connectivity index (χ0) is 14.3. The normalized spacial score (nSPS) is 13.1. The van der Waals surface area contributed by atoms with Crippen molar-refractivity contribution in [3.63, 3.8) is 0 Å². The highest BCUT2D eigenvalue weighted by atomic mass is 16.5. The summed E-state index contributed by atoms with van der Waals surface area (Å²) in [6.07, 6.45) is 1.26. The largest absolute Gasteiger partial charge is 0.491 e. The van der Waals surface area contributed by atoms with Gasteiger partial charge in [-0.2, -0.15) is 0 Å². The summed E-state index contributed by atoms with van der Waals surface area (Å²) in [5, 5.41) is 3.34. The number of anilines is 1. The van der Waals surface area contributed by atoms with Gasteiger partial charge in [-0.1, -0.05) is 13.0 Å². The predicted molar refractivity (Wildman–Crippen MR) is 81.0 cm³/mol. The van der Waals surface area contributed by atoms with E-state index in [-0.39, 0.29) is 11.7 Å². The summed E-state index contributed by atoms with van der Waals surface area (Å²) in [6, 6.07) is 8.07. The molecule has 108 valence electrons. The molecule has 0 spiro atoms. The zero-order valence-electron chi connectivity index (χ0n) is 12.8. The topological polar surface area (TPSA) is 30.5 Å². The lowest BCUT2D eigenvalue weighted by molar-refractivity contribution is 0.00333. The molecule has 1 N–H and O–H groups in total. The van der Waals surface area contributed by atoms with E-state index >= 15 is 0 Å². The SMILES string of the molecule is CCC(C)Oc1cccc(NCCOC(C)(C)C)c1. The molecule has 0 aliphatic carbocycles. The van der Waals surface area contributed by atoms with Crippen molar-refractivity contribution in [3.8, 4) is 5.75 Å². The lowest BCUT2D eigenvalue weighted by Crippen LogP contribution is -2.23. The fraction of sp³-hybridized carbons (Fsp3) is 0.625. The van der Waals surface area contributed by atoms with Crippen LogP contribution < -0.4 is 10.1 Å². The number of hydrogen-bond acceptors (Lipinski definition) is 3. The van der Waals surface area contributed by atoms with E-state index in [4.69, 9.17) is 9.47 Å². The highest BCUT2D eigenvalue weighted by molar-refractivity contribution is 5.48. The van der Waals surface area contributed by atoms with E-state index in [1.807, 2.05) is 24.3 Å². The molecule has 0 amide bonds. The Hall–Kier alpha value is -1.22. The van der Waals surface area contributed by atoms with E-state index in [9.17, 15) is 0 Å². The number of hydrogen-bond donors (Lipinski definition) is 1. The second-order valence-corrected chi connectivity index (χ2v) is 5.75. The molecule has 1 aromatic carbocycles. The molecule has 0 radical (unpaired) electrons. The summed E-state index contributed by atoms with van der Waals surface area (Å²) in [6.45, 7) is 11.9. The van der Waals surface area contributed by atoms with E-state index in [0.717, 1.165) is 24.4 Å². The van der Waals surface area contributed by atoms with Crippen molar-refractivity contribution in [1.82, 2.24) is 0 Å². The second-order valence-electron chi connectivity index (χ2n) is 5.75. The van der Waals surface area contributed by atoms with E-state index in [2.05, 4.69) is 39.9 Å². The molecule has 3 nitrogen and oxygen atoms in total. The van der Waals surface area contributed by atoms with Crippen LogP contribution in [0.2, 0.25) is 0 Å². The molecule has 0 saturated heterocycles. The van der Waals surface area contributed by atoms with Crippen LogP contribution >= 0.6 is 0 Å². The standard InChI is InChI=1S/C16H27NO2/c1-6-13(2)19-15-9-7-8-14(12-15)17-10-11-18-16(3,4)5/h7-9,12-13,17H,6,10-11H2,1-5H3. The first-order valence-corrected chi connectivity index (χ1v) is 7.05. The van der Waals surface area contributed by atoms with Crippen LogP contribution in [0.4, 0.5) is 5.69 Å². The maximum Gasteiger partial charge on any atom is 0.121 e. The van der Waals surface area contributed by atoms with Crippen LogP contribution in [0.25, 0.3) is 0 Å². The molecular weight excluding hydrogens is 238 g/mol. The Kier molecular flexibility index (Phi) is 6.16. The first-order chi connectivity index (χ1) is 8.90. The quantitative estimate of drug-likeness (QED) is 0.753. The van der Waals surface area contributed by atoms with Crippen molar-refractivity contribution in [2.75, 3.05) is 18.5 Å². The van der Waals surface area contributed by atoms with E-state index in [1.165, 1.54) is 0 Å². The maximum absolute atomic E-state index is 5.79. The Balaban J connectivity index is 2.40. The summed E-state index contributed by atoms with van der Waals surface area (Å²) in [5.41, 5.74) is 0.988. The van der Waals surface area contributed by atoms with Crippen LogP contribution in [0.3, 0.4) is 0 Å². The molecule has 1 unspecified atom stereocenters. The molecule has 1 rings (SSSR count). The molecule has 0 bridgehead atoms. The summed E-state index contributed by atoms with van der Waals surface area (Å²) in [4.78, 5) is 0. The molecule has 1 atom stereocenters. The van der Waals surface area contributed by atoms with Gasteiger partial charge >= 0.3 is 0 Å². The summed E-state index contributed by atoms with van der Waals surface area (Å²) in [5.74, 6) is 0.913. The minimum absolute atomic E-state index is 0.0802. The van der Waals surface area contributed by atoms with Gasteiger partial charge in [-0.3, -0.25) is 0 Å². The molecule has 0 fully saturated rings. The third kappa shape index (κ3) is 7.06. The number of benzene rings is 1. The Morgan fingerprint density at radius 2 is 2.00 bits per heavy atom. The highest BCUT2D eigenvalue weighted by Gasteiger charge is 2.08. The minimum Gasteiger partial charge on any atom is -0.491 e. The van der Waals surface area contributed by atoms with E-state index in [0.29, 0.717) is 6.61 Å². The van der Waals surface area contributed by atoms with Crippen LogP contribution in [-0.2, 0) is 4.74 Å². The average molecular weight is 265 g/mol. The third-order valence-electron chi connectivity index (χ3n) is 2.71. The molecule has 0 aliphatic rings. The fourth-order valence-electron chi connectivity index (χ4n) is 1.55. The number of ether oxygens (including phenoxy) is 2. The van der Waals surface area contributed by atoms with Crippen molar-refractivity contribution >= 4 is 5.69 Å². The Labute approximate surface area is 117 Å². The highest BCUT2D eigenvalue weighted by Crippen LogP contribution is 2.19. The van der Waals surface area contributed by atoms with Gasteiger partial charge in [0, 0.05) is 18.3 Å². The summed E-state index contributed by atoms with van der Waals surface area (Å²) < 4.78 is 11.5.